The number of thiazole rings is 1. The lowest BCUT2D eigenvalue weighted by molar-refractivity contribution is 0.0698. The highest BCUT2D eigenvalue weighted by molar-refractivity contribution is 7.11. The number of nitrogen functional groups attached to an aromatic ring is 1. The minimum Gasteiger partial charge on any atom is -0.478 e. The molecule has 1 aromatic heterocycles. The van der Waals surface area contributed by atoms with Crippen LogP contribution in [0.1, 0.15) is 38.9 Å². The molecular formula is C14H17N3O2S. The van der Waals surface area contributed by atoms with Crippen molar-refractivity contribution >= 4 is 28.7 Å². The number of aromatic carboxylic acids is 1. The summed E-state index contributed by atoms with van der Waals surface area (Å²) in [4.78, 5) is 16.5. The number of hydrogen-bond donors (Lipinski definition) is 3. The minimum absolute atomic E-state index is 0.0938. The normalized spacial score (nSPS) is 12.2. The maximum Gasteiger partial charge on any atom is 0.337 e. The van der Waals surface area contributed by atoms with E-state index in [2.05, 4.69) is 10.3 Å². The van der Waals surface area contributed by atoms with Gasteiger partial charge in [-0.2, -0.15) is 0 Å². The quantitative estimate of drug-likeness (QED) is 0.753. The summed E-state index contributed by atoms with van der Waals surface area (Å²) >= 11 is 1.65. The smallest absolute Gasteiger partial charge is 0.337 e. The van der Waals surface area contributed by atoms with Crippen LogP contribution in [0, 0.1) is 13.8 Å². The van der Waals surface area contributed by atoms with Gasteiger partial charge in [-0.05, 0) is 39.0 Å². The van der Waals surface area contributed by atoms with Crippen LogP contribution >= 0.6 is 11.3 Å². The molecule has 2 rings (SSSR count). The van der Waals surface area contributed by atoms with Gasteiger partial charge in [-0.25, -0.2) is 9.78 Å². The van der Waals surface area contributed by atoms with Crippen LogP contribution in [0.3, 0.4) is 0 Å². The van der Waals surface area contributed by atoms with Crippen molar-refractivity contribution in [2.24, 2.45) is 0 Å². The molecule has 5 nitrogen and oxygen atoms in total. The first kappa shape index (κ1) is 14.3. The van der Waals surface area contributed by atoms with Crippen LogP contribution in [0.15, 0.2) is 18.2 Å². The summed E-state index contributed by atoms with van der Waals surface area (Å²) in [6.07, 6.45) is 0. The van der Waals surface area contributed by atoms with Crippen LogP contribution in [0.5, 0.6) is 0 Å². The zero-order valence-electron chi connectivity index (χ0n) is 11.6. The molecule has 0 radical (unpaired) electrons. The molecule has 1 unspecified atom stereocenters. The molecule has 1 aromatic carbocycles. The number of nitrogens with two attached hydrogens (primary N) is 1. The molecule has 0 spiro atoms. The monoisotopic (exact) mass is 291 g/mol. The van der Waals surface area contributed by atoms with Crippen LogP contribution in [0.25, 0.3) is 0 Å². The molecule has 1 atom stereocenters. The van der Waals surface area contributed by atoms with Crippen molar-refractivity contribution < 1.29 is 9.90 Å². The van der Waals surface area contributed by atoms with E-state index in [1.54, 1.807) is 23.5 Å². The SMILES string of the molecule is Cc1nc(C)c(C(C)Nc2ccc(C(=O)O)c(N)c2)s1. The van der Waals surface area contributed by atoms with Gasteiger partial charge in [-0.3, -0.25) is 0 Å². The molecule has 20 heavy (non-hydrogen) atoms. The maximum atomic E-state index is 10.9. The average molecular weight is 291 g/mol. The number of carboxylic acids is 1. The molecule has 0 saturated carbocycles. The fourth-order valence-electron chi connectivity index (χ4n) is 2.11. The topological polar surface area (TPSA) is 88.2 Å². The molecule has 0 aliphatic carbocycles. The van der Waals surface area contributed by atoms with E-state index in [1.807, 2.05) is 20.8 Å². The third-order valence-corrected chi connectivity index (χ3v) is 4.25. The van der Waals surface area contributed by atoms with E-state index in [-0.39, 0.29) is 17.3 Å². The number of carbonyl (C=O) groups is 1. The summed E-state index contributed by atoms with van der Waals surface area (Å²) in [6.45, 7) is 6.01. The van der Waals surface area contributed by atoms with Gasteiger partial charge in [0.1, 0.15) is 0 Å². The summed E-state index contributed by atoms with van der Waals surface area (Å²) < 4.78 is 0. The largest absolute Gasteiger partial charge is 0.478 e. The highest BCUT2D eigenvalue weighted by Gasteiger charge is 2.14. The van der Waals surface area contributed by atoms with Gasteiger partial charge in [0.15, 0.2) is 0 Å². The van der Waals surface area contributed by atoms with E-state index in [0.29, 0.717) is 0 Å². The third-order valence-electron chi connectivity index (χ3n) is 3.00. The van der Waals surface area contributed by atoms with Crippen molar-refractivity contribution in [1.29, 1.82) is 0 Å². The van der Waals surface area contributed by atoms with Crippen LogP contribution in [0.4, 0.5) is 11.4 Å². The Morgan fingerprint density at radius 2 is 2.15 bits per heavy atom. The Balaban J connectivity index is 2.20. The minimum atomic E-state index is -1.02. The molecule has 0 saturated heterocycles. The Morgan fingerprint density at radius 3 is 2.65 bits per heavy atom. The van der Waals surface area contributed by atoms with E-state index in [4.69, 9.17) is 10.8 Å². The van der Waals surface area contributed by atoms with Crippen molar-refractivity contribution in [3.63, 3.8) is 0 Å². The zero-order chi connectivity index (χ0) is 14.9. The second kappa shape index (κ2) is 5.50. The standard InChI is InChI=1S/C14H17N3O2S/c1-7-13(20-9(3)16-7)8(2)17-10-4-5-11(14(18)19)12(15)6-10/h4-6,8,17H,15H2,1-3H3,(H,18,19). The van der Waals surface area contributed by atoms with Crippen LogP contribution in [-0.2, 0) is 0 Å². The number of rotatable bonds is 4. The van der Waals surface area contributed by atoms with E-state index in [9.17, 15) is 4.79 Å². The molecule has 0 amide bonds. The van der Waals surface area contributed by atoms with Crippen molar-refractivity contribution in [2.45, 2.75) is 26.8 Å². The molecule has 106 valence electrons. The first-order valence-corrected chi connectivity index (χ1v) is 7.03. The Morgan fingerprint density at radius 1 is 1.45 bits per heavy atom. The van der Waals surface area contributed by atoms with Gasteiger partial charge in [-0.1, -0.05) is 0 Å². The average Bonchev–Trinajstić information content (AvgIpc) is 2.68. The summed E-state index contributed by atoms with van der Waals surface area (Å²) in [5, 5.41) is 13.3. The zero-order valence-corrected chi connectivity index (χ0v) is 12.4. The van der Waals surface area contributed by atoms with Crippen LogP contribution in [0.2, 0.25) is 0 Å². The van der Waals surface area contributed by atoms with Gasteiger partial charge in [0, 0.05) is 16.3 Å². The molecule has 2 aromatic rings. The van der Waals surface area contributed by atoms with Crippen LogP contribution in [-0.4, -0.2) is 16.1 Å². The number of nitrogens with zero attached hydrogens (tertiary/aromatic N) is 1. The maximum absolute atomic E-state index is 10.9. The lowest BCUT2D eigenvalue weighted by atomic mass is 10.1. The van der Waals surface area contributed by atoms with Gasteiger partial charge >= 0.3 is 5.97 Å². The molecule has 0 aliphatic heterocycles. The van der Waals surface area contributed by atoms with Gasteiger partial charge in [-0.15, -0.1) is 11.3 Å². The van der Waals surface area contributed by atoms with E-state index >= 15 is 0 Å². The Hall–Kier alpha value is -2.08. The second-order valence-corrected chi connectivity index (χ2v) is 5.89. The predicted octanol–water partition coefficient (Wildman–Crippen LogP) is 3.21. The first-order chi connectivity index (χ1) is 9.38. The Bertz CT molecular complexity index is 652. The van der Waals surface area contributed by atoms with E-state index in [1.165, 1.54) is 10.9 Å². The van der Waals surface area contributed by atoms with Crippen molar-refractivity contribution in [2.75, 3.05) is 11.1 Å². The van der Waals surface area contributed by atoms with Crippen LogP contribution < -0.4 is 11.1 Å². The number of benzene rings is 1. The molecule has 0 bridgehead atoms. The second-order valence-electron chi connectivity index (χ2n) is 4.66. The summed E-state index contributed by atoms with van der Waals surface area (Å²) in [7, 11) is 0. The van der Waals surface area contributed by atoms with E-state index in [0.717, 1.165) is 16.4 Å². The molecule has 6 heteroatoms. The van der Waals surface area contributed by atoms with Crippen molar-refractivity contribution in [1.82, 2.24) is 4.98 Å². The van der Waals surface area contributed by atoms with Gasteiger partial charge < -0.3 is 16.2 Å². The summed E-state index contributed by atoms with van der Waals surface area (Å²) in [5.74, 6) is -1.02. The van der Waals surface area contributed by atoms with Gasteiger partial charge in [0.25, 0.3) is 0 Å². The highest BCUT2D eigenvalue weighted by atomic mass is 32.1. The van der Waals surface area contributed by atoms with Gasteiger partial charge in [0.2, 0.25) is 0 Å². The first-order valence-electron chi connectivity index (χ1n) is 6.21. The fourth-order valence-corrected chi connectivity index (χ4v) is 3.04. The Labute approximate surface area is 121 Å². The lowest BCUT2D eigenvalue weighted by Gasteiger charge is -2.15. The predicted molar refractivity (Wildman–Crippen MR) is 81.4 cm³/mol. The summed E-state index contributed by atoms with van der Waals surface area (Å²) in [6, 6.07) is 4.97. The highest BCUT2D eigenvalue weighted by Crippen LogP contribution is 2.28. The number of anilines is 2. The fraction of sp³-hybridized carbons (Fsp3) is 0.286. The number of nitrogens with one attached hydrogen (secondary N) is 1. The third kappa shape index (κ3) is 2.91. The number of carboxylic acid groups (broad SMARTS) is 1. The molecular weight excluding hydrogens is 274 g/mol. The number of aromatic nitrogens is 1. The number of hydrogen-bond acceptors (Lipinski definition) is 5. The molecule has 0 fully saturated rings. The molecule has 4 N–H and O–H groups in total. The molecule has 1 heterocycles. The van der Waals surface area contributed by atoms with E-state index < -0.39 is 5.97 Å². The van der Waals surface area contributed by atoms with Gasteiger partial charge in [0.05, 0.1) is 22.3 Å². The van der Waals surface area contributed by atoms with Crippen molar-refractivity contribution in [3.05, 3.63) is 39.3 Å². The summed E-state index contributed by atoms with van der Waals surface area (Å²) in [5.41, 5.74) is 7.93. The lowest BCUT2D eigenvalue weighted by Crippen LogP contribution is -2.08. The molecule has 0 aliphatic rings. The van der Waals surface area contributed by atoms with Crippen molar-refractivity contribution in [3.8, 4) is 0 Å². The Kier molecular flexibility index (Phi) is 3.94. The number of aryl methyl sites for hydroxylation is 2.